The first-order valence-electron chi connectivity index (χ1n) is 7.69. The van der Waals surface area contributed by atoms with Gasteiger partial charge in [-0.1, -0.05) is 30.3 Å². The van der Waals surface area contributed by atoms with Crippen molar-refractivity contribution in [3.63, 3.8) is 0 Å². The normalized spacial score (nSPS) is 17.5. The van der Waals surface area contributed by atoms with Crippen LogP contribution in [0.5, 0.6) is 0 Å². The Bertz CT molecular complexity index is 606. The van der Waals surface area contributed by atoms with E-state index in [1.54, 1.807) is 0 Å². The number of hydrogen-bond donors (Lipinski definition) is 2. The number of amides is 1. The Hall–Kier alpha value is -2.21. The van der Waals surface area contributed by atoms with Crippen molar-refractivity contribution >= 4 is 11.9 Å². The molecule has 6 heteroatoms. The fraction of sp³-hybridized carbons (Fsp3) is 0.438. The summed E-state index contributed by atoms with van der Waals surface area (Å²) >= 11 is 0. The van der Waals surface area contributed by atoms with Gasteiger partial charge < -0.3 is 4.74 Å². The van der Waals surface area contributed by atoms with Gasteiger partial charge >= 0.3 is 0 Å². The molecule has 22 heavy (non-hydrogen) atoms. The summed E-state index contributed by atoms with van der Waals surface area (Å²) in [4.78, 5) is 16.2. The lowest BCUT2D eigenvalue weighted by molar-refractivity contribution is -0.116. The van der Waals surface area contributed by atoms with E-state index in [1.807, 2.05) is 18.2 Å². The predicted octanol–water partition coefficient (Wildman–Crippen LogP) is 2.62. The molecule has 1 atom stereocenters. The minimum absolute atomic E-state index is 0.0174. The van der Waals surface area contributed by atoms with Crippen molar-refractivity contribution in [1.82, 2.24) is 15.2 Å². The molecule has 1 aliphatic rings. The van der Waals surface area contributed by atoms with E-state index in [1.165, 1.54) is 5.56 Å². The topological polar surface area (TPSA) is 79.9 Å². The van der Waals surface area contributed by atoms with E-state index in [0.29, 0.717) is 18.2 Å². The third-order valence-corrected chi connectivity index (χ3v) is 3.70. The second-order valence-electron chi connectivity index (χ2n) is 5.43. The van der Waals surface area contributed by atoms with Gasteiger partial charge in [0.05, 0.1) is 0 Å². The van der Waals surface area contributed by atoms with Crippen molar-refractivity contribution in [1.29, 1.82) is 0 Å². The lowest BCUT2D eigenvalue weighted by Crippen LogP contribution is -2.12. The van der Waals surface area contributed by atoms with Gasteiger partial charge in [-0.3, -0.25) is 15.2 Å². The average Bonchev–Trinajstić information content (AvgIpc) is 3.19. The quantitative estimate of drug-likeness (QED) is 0.859. The highest BCUT2D eigenvalue weighted by molar-refractivity contribution is 5.88. The van der Waals surface area contributed by atoms with Gasteiger partial charge in [-0.25, -0.2) is 0 Å². The summed E-state index contributed by atoms with van der Waals surface area (Å²) in [7, 11) is 0. The number of H-pyrrole nitrogens is 1. The standard InChI is InChI=1S/C16H20N4O2/c21-14(10-4-8-12-6-2-1-3-7-12)17-16-18-15(19-20-16)13-9-5-11-22-13/h1-3,6-7,13H,4-5,8-11H2,(H2,17,18,19,20,21). The molecule has 1 fully saturated rings. The van der Waals surface area contributed by atoms with Crippen LogP contribution in [0.3, 0.4) is 0 Å². The van der Waals surface area contributed by atoms with Crippen molar-refractivity contribution in [3.8, 4) is 0 Å². The first kappa shape index (κ1) is 14.7. The van der Waals surface area contributed by atoms with Gasteiger partial charge in [-0.05, 0) is 31.2 Å². The fourth-order valence-electron chi connectivity index (χ4n) is 2.55. The summed E-state index contributed by atoms with van der Waals surface area (Å²) in [6, 6.07) is 10.2. The van der Waals surface area contributed by atoms with E-state index in [0.717, 1.165) is 32.3 Å². The second-order valence-corrected chi connectivity index (χ2v) is 5.43. The molecule has 1 aromatic carbocycles. The third-order valence-electron chi connectivity index (χ3n) is 3.70. The molecule has 2 heterocycles. The number of benzene rings is 1. The van der Waals surface area contributed by atoms with Gasteiger partial charge in [0.2, 0.25) is 11.9 Å². The number of nitrogens with zero attached hydrogens (tertiary/aromatic N) is 2. The smallest absolute Gasteiger partial charge is 0.248 e. The van der Waals surface area contributed by atoms with Crippen molar-refractivity contribution in [2.45, 2.75) is 38.2 Å². The maximum atomic E-state index is 11.9. The number of rotatable bonds is 6. The zero-order valence-electron chi connectivity index (χ0n) is 12.4. The van der Waals surface area contributed by atoms with Gasteiger partial charge in [0.15, 0.2) is 5.82 Å². The first-order chi connectivity index (χ1) is 10.8. The van der Waals surface area contributed by atoms with Crippen LogP contribution in [0, 0.1) is 0 Å². The van der Waals surface area contributed by atoms with E-state index < -0.39 is 0 Å². The molecule has 0 aliphatic carbocycles. The van der Waals surface area contributed by atoms with Gasteiger partial charge in [-0.2, -0.15) is 4.98 Å². The molecule has 6 nitrogen and oxygen atoms in total. The predicted molar refractivity (Wildman–Crippen MR) is 82.3 cm³/mol. The number of carbonyl (C=O) groups excluding carboxylic acids is 1. The van der Waals surface area contributed by atoms with Crippen LogP contribution in [0.4, 0.5) is 5.95 Å². The van der Waals surface area contributed by atoms with Crippen LogP contribution in [0.1, 0.15) is 43.2 Å². The maximum absolute atomic E-state index is 11.9. The van der Waals surface area contributed by atoms with E-state index in [2.05, 4.69) is 32.6 Å². The highest BCUT2D eigenvalue weighted by Gasteiger charge is 2.21. The zero-order valence-corrected chi connectivity index (χ0v) is 12.4. The Kier molecular flexibility index (Phi) is 4.80. The Morgan fingerprint density at radius 3 is 3.00 bits per heavy atom. The number of hydrogen-bond acceptors (Lipinski definition) is 4. The molecule has 0 radical (unpaired) electrons. The highest BCUT2D eigenvalue weighted by Crippen LogP contribution is 2.26. The number of aryl methyl sites for hydroxylation is 1. The van der Waals surface area contributed by atoms with E-state index in [-0.39, 0.29) is 12.0 Å². The molecule has 0 spiro atoms. The van der Waals surface area contributed by atoms with Crippen molar-refractivity contribution in [3.05, 3.63) is 41.7 Å². The van der Waals surface area contributed by atoms with Crippen LogP contribution >= 0.6 is 0 Å². The number of aromatic nitrogens is 3. The molecule has 1 aliphatic heterocycles. The summed E-state index contributed by atoms with van der Waals surface area (Å²) in [6.07, 6.45) is 4.11. The first-order valence-corrected chi connectivity index (χ1v) is 7.69. The number of carbonyl (C=O) groups is 1. The second kappa shape index (κ2) is 7.17. The minimum atomic E-state index is -0.0613. The monoisotopic (exact) mass is 300 g/mol. The lowest BCUT2D eigenvalue weighted by Gasteiger charge is -2.03. The van der Waals surface area contributed by atoms with Crippen LogP contribution < -0.4 is 5.32 Å². The summed E-state index contributed by atoms with van der Waals surface area (Å²) in [5.41, 5.74) is 1.24. The molecular weight excluding hydrogens is 280 g/mol. The molecule has 2 aromatic rings. The molecule has 0 saturated carbocycles. The maximum Gasteiger partial charge on any atom is 0.248 e. The van der Waals surface area contributed by atoms with Gasteiger partial charge in [-0.15, -0.1) is 5.10 Å². The largest absolute Gasteiger partial charge is 0.370 e. The molecule has 1 aromatic heterocycles. The summed E-state index contributed by atoms with van der Waals surface area (Å²) in [5, 5.41) is 9.58. The average molecular weight is 300 g/mol. The molecule has 1 amide bonds. The lowest BCUT2D eigenvalue weighted by atomic mass is 10.1. The van der Waals surface area contributed by atoms with Crippen molar-refractivity contribution in [2.24, 2.45) is 0 Å². The summed E-state index contributed by atoms with van der Waals surface area (Å²) in [5.74, 6) is 0.959. The number of aromatic amines is 1. The number of ether oxygens (including phenoxy) is 1. The van der Waals surface area contributed by atoms with Crippen molar-refractivity contribution < 1.29 is 9.53 Å². The van der Waals surface area contributed by atoms with Gasteiger partial charge in [0.1, 0.15) is 6.10 Å². The van der Waals surface area contributed by atoms with E-state index in [9.17, 15) is 4.79 Å². The molecule has 2 N–H and O–H groups in total. The number of nitrogens with one attached hydrogen (secondary N) is 2. The van der Waals surface area contributed by atoms with Crippen molar-refractivity contribution in [2.75, 3.05) is 11.9 Å². The number of anilines is 1. The third kappa shape index (κ3) is 3.92. The molecule has 0 bridgehead atoms. The molecule has 116 valence electrons. The Labute approximate surface area is 129 Å². The summed E-state index contributed by atoms with van der Waals surface area (Å²) < 4.78 is 5.52. The SMILES string of the molecule is O=C(CCCc1ccccc1)Nc1n[nH]c(C2CCCO2)n1. The molecule has 1 saturated heterocycles. The molecule has 3 rings (SSSR count). The molecule has 1 unspecified atom stereocenters. The van der Waals surface area contributed by atoms with E-state index in [4.69, 9.17) is 4.74 Å². The van der Waals surface area contributed by atoms with Crippen LogP contribution in [0.25, 0.3) is 0 Å². The zero-order chi connectivity index (χ0) is 15.2. The van der Waals surface area contributed by atoms with Crippen LogP contribution in [0.15, 0.2) is 30.3 Å². The van der Waals surface area contributed by atoms with Gasteiger partial charge in [0, 0.05) is 13.0 Å². The molecular formula is C16H20N4O2. The Morgan fingerprint density at radius 1 is 1.36 bits per heavy atom. The van der Waals surface area contributed by atoms with Crippen LogP contribution in [0.2, 0.25) is 0 Å². The Morgan fingerprint density at radius 2 is 2.23 bits per heavy atom. The minimum Gasteiger partial charge on any atom is -0.370 e. The van der Waals surface area contributed by atoms with Crippen LogP contribution in [-0.2, 0) is 16.0 Å². The Balaban J connectivity index is 1.43. The van der Waals surface area contributed by atoms with Crippen LogP contribution in [-0.4, -0.2) is 27.7 Å². The fourth-order valence-corrected chi connectivity index (χ4v) is 2.55. The summed E-state index contributed by atoms with van der Waals surface area (Å²) in [6.45, 7) is 0.756. The van der Waals surface area contributed by atoms with E-state index >= 15 is 0 Å². The highest BCUT2D eigenvalue weighted by atomic mass is 16.5. The van der Waals surface area contributed by atoms with Gasteiger partial charge in [0.25, 0.3) is 0 Å².